The molecule has 3 aromatic carbocycles. The van der Waals surface area contributed by atoms with Gasteiger partial charge >= 0.3 is 0 Å². The Bertz CT molecular complexity index is 1080. The highest BCUT2D eigenvalue weighted by molar-refractivity contribution is 6.15. The second-order valence-electron chi connectivity index (χ2n) is 7.24. The standard InChI is InChI=1S/C25H22N2O3/c28-23-11-6-16-27(23)20-14-12-18(13-15-20)17-26-25(30)22-10-5-4-9-21(22)24(29)19-7-2-1-3-8-19/h1-5,7-10,12-15H,6,11,16-17H2,(H,26,30). The van der Waals surface area contributed by atoms with E-state index in [1.807, 2.05) is 30.3 Å². The molecule has 3 aromatic rings. The van der Waals surface area contributed by atoms with Crippen molar-refractivity contribution in [1.29, 1.82) is 0 Å². The first-order chi connectivity index (χ1) is 14.6. The number of carbonyl (C=O) groups excluding carboxylic acids is 3. The fourth-order valence-corrected chi connectivity index (χ4v) is 3.62. The fourth-order valence-electron chi connectivity index (χ4n) is 3.62. The smallest absolute Gasteiger partial charge is 0.252 e. The average molecular weight is 398 g/mol. The van der Waals surface area contributed by atoms with E-state index in [-0.39, 0.29) is 17.6 Å². The van der Waals surface area contributed by atoms with Crippen LogP contribution >= 0.6 is 0 Å². The van der Waals surface area contributed by atoms with Crippen molar-refractivity contribution in [2.24, 2.45) is 0 Å². The molecule has 5 nitrogen and oxygen atoms in total. The molecule has 1 N–H and O–H groups in total. The largest absolute Gasteiger partial charge is 0.348 e. The lowest BCUT2D eigenvalue weighted by Gasteiger charge is -2.16. The zero-order chi connectivity index (χ0) is 20.9. The summed E-state index contributed by atoms with van der Waals surface area (Å²) in [4.78, 5) is 39.2. The van der Waals surface area contributed by atoms with E-state index in [1.165, 1.54) is 0 Å². The zero-order valence-corrected chi connectivity index (χ0v) is 16.5. The molecule has 1 aliphatic heterocycles. The molecule has 4 rings (SSSR count). The van der Waals surface area contributed by atoms with Crippen LogP contribution in [0.3, 0.4) is 0 Å². The van der Waals surface area contributed by atoms with Crippen molar-refractivity contribution >= 4 is 23.3 Å². The van der Waals surface area contributed by atoms with Gasteiger partial charge in [-0.1, -0.05) is 60.7 Å². The molecule has 0 unspecified atom stereocenters. The molecule has 0 aromatic heterocycles. The Morgan fingerprint density at radius 2 is 1.50 bits per heavy atom. The highest BCUT2D eigenvalue weighted by atomic mass is 16.2. The van der Waals surface area contributed by atoms with Gasteiger partial charge in [0.05, 0.1) is 5.56 Å². The van der Waals surface area contributed by atoms with Crippen molar-refractivity contribution in [2.75, 3.05) is 11.4 Å². The van der Waals surface area contributed by atoms with Gasteiger partial charge in [0.2, 0.25) is 5.91 Å². The first kappa shape index (κ1) is 19.6. The summed E-state index contributed by atoms with van der Waals surface area (Å²) in [6.07, 6.45) is 1.48. The van der Waals surface area contributed by atoms with Crippen molar-refractivity contribution in [3.05, 3.63) is 101 Å². The van der Waals surface area contributed by atoms with Crippen LogP contribution in [0.4, 0.5) is 5.69 Å². The van der Waals surface area contributed by atoms with Crippen LogP contribution in [0, 0.1) is 0 Å². The van der Waals surface area contributed by atoms with E-state index in [9.17, 15) is 14.4 Å². The second kappa shape index (κ2) is 8.74. The first-order valence-corrected chi connectivity index (χ1v) is 10.00. The highest BCUT2D eigenvalue weighted by Crippen LogP contribution is 2.21. The minimum absolute atomic E-state index is 0.149. The van der Waals surface area contributed by atoms with Crippen LogP contribution < -0.4 is 10.2 Å². The number of amides is 2. The first-order valence-electron chi connectivity index (χ1n) is 10.00. The molecule has 1 saturated heterocycles. The quantitative estimate of drug-likeness (QED) is 0.639. The number of hydrogen-bond acceptors (Lipinski definition) is 3. The number of nitrogens with one attached hydrogen (secondary N) is 1. The number of anilines is 1. The van der Waals surface area contributed by atoms with Gasteiger partial charge in [0.15, 0.2) is 5.78 Å². The monoisotopic (exact) mass is 398 g/mol. The highest BCUT2D eigenvalue weighted by Gasteiger charge is 2.21. The van der Waals surface area contributed by atoms with Crippen LogP contribution in [0.2, 0.25) is 0 Å². The summed E-state index contributed by atoms with van der Waals surface area (Å²) >= 11 is 0. The van der Waals surface area contributed by atoms with Crippen molar-refractivity contribution in [3.63, 3.8) is 0 Å². The SMILES string of the molecule is O=C(NCc1ccc(N2CCCC2=O)cc1)c1ccccc1C(=O)c1ccccc1. The molecule has 2 amide bonds. The van der Waals surface area contributed by atoms with Crippen LogP contribution in [0.5, 0.6) is 0 Å². The van der Waals surface area contributed by atoms with Crippen LogP contribution in [-0.2, 0) is 11.3 Å². The van der Waals surface area contributed by atoms with Gasteiger partial charge in [0, 0.05) is 36.3 Å². The van der Waals surface area contributed by atoms with E-state index in [1.54, 1.807) is 53.4 Å². The average Bonchev–Trinajstić information content (AvgIpc) is 3.23. The number of hydrogen-bond donors (Lipinski definition) is 1. The molecule has 5 heteroatoms. The lowest BCUT2D eigenvalue weighted by atomic mass is 9.98. The van der Waals surface area contributed by atoms with Gasteiger partial charge in [-0.05, 0) is 30.2 Å². The van der Waals surface area contributed by atoms with Gasteiger partial charge in [-0.25, -0.2) is 0 Å². The third-order valence-electron chi connectivity index (χ3n) is 5.23. The Kier molecular flexibility index (Phi) is 5.70. The Morgan fingerprint density at radius 1 is 0.833 bits per heavy atom. The normalized spacial score (nSPS) is 13.3. The second-order valence-corrected chi connectivity index (χ2v) is 7.24. The summed E-state index contributed by atoms with van der Waals surface area (Å²) in [5.74, 6) is -0.328. The van der Waals surface area contributed by atoms with Gasteiger partial charge in [-0.15, -0.1) is 0 Å². The number of nitrogens with zero attached hydrogens (tertiary/aromatic N) is 1. The maximum Gasteiger partial charge on any atom is 0.252 e. The van der Waals surface area contributed by atoms with Crippen molar-refractivity contribution in [1.82, 2.24) is 5.32 Å². The van der Waals surface area contributed by atoms with E-state index in [0.29, 0.717) is 29.7 Å². The van der Waals surface area contributed by atoms with E-state index < -0.39 is 0 Å². The minimum Gasteiger partial charge on any atom is -0.348 e. The molecule has 1 heterocycles. The molecule has 30 heavy (non-hydrogen) atoms. The molecule has 0 bridgehead atoms. The third kappa shape index (κ3) is 4.15. The van der Waals surface area contributed by atoms with Crippen LogP contribution in [0.15, 0.2) is 78.9 Å². The minimum atomic E-state index is -0.298. The molecule has 0 aliphatic carbocycles. The lowest BCUT2D eigenvalue weighted by molar-refractivity contribution is -0.117. The molecule has 1 fully saturated rings. The predicted octanol–water partition coefficient (Wildman–Crippen LogP) is 3.97. The topological polar surface area (TPSA) is 66.5 Å². The van der Waals surface area contributed by atoms with Crippen LogP contribution in [-0.4, -0.2) is 24.1 Å². The van der Waals surface area contributed by atoms with Gasteiger partial charge in [-0.3, -0.25) is 14.4 Å². The number of ketones is 1. The zero-order valence-electron chi connectivity index (χ0n) is 16.5. The molecular formula is C25H22N2O3. The number of rotatable bonds is 6. The summed E-state index contributed by atoms with van der Waals surface area (Å²) in [5.41, 5.74) is 3.08. The van der Waals surface area contributed by atoms with E-state index in [4.69, 9.17) is 0 Å². The Balaban J connectivity index is 1.45. The summed E-state index contributed by atoms with van der Waals surface area (Å²) in [7, 11) is 0. The fraction of sp³-hybridized carbons (Fsp3) is 0.160. The van der Waals surface area contributed by atoms with Gasteiger partial charge < -0.3 is 10.2 Å². The van der Waals surface area contributed by atoms with E-state index in [2.05, 4.69) is 5.32 Å². The number of carbonyl (C=O) groups is 3. The summed E-state index contributed by atoms with van der Waals surface area (Å²) in [5, 5.41) is 2.89. The third-order valence-corrected chi connectivity index (χ3v) is 5.23. The summed E-state index contributed by atoms with van der Waals surface area (Å²) in [6, 6.07) is 23.4. The Labute approximate surface area is 175 Å². The Hall–Kier alpha value is -3.73. The van der Waals surface area contributed by atoms with Crippen LogP contribution in [0.1, 0.15) is 44.7 Å². The van der Waals surface area contributed by atoms with E-state index >= 15 is 0 Å². The molecule has 0 atom stereocenters. The maximum atomic E-state index is 12.8. The van der Waals surface area contributed by atoms with Gasteiger partial charge in [-0.2, -0.15) is 0 Å². The van der Waals surface area contributed by atoms with Crippen molar-refractivity contribution in [2.45, 2.75) is 19.4 Å². The Morgan fingerprint density at radius 3 is 2.17 bits per heavy atom. The summed E-state index contributed by atoms with van der Waals surface area (Å²) < 4.78 is 0. The van der Waals surface area contributed by atoms with Crippen LogP contribution in [0.25, 0.3) is 0 Å². The van der Waals surface area contributed by atoms with E-state index in [0.717, 1.165) is 24.2 Å². The molecule has 150 valence electrons. The molecule has 0 radical (unpaired) electrons. The molecule has 1 aliphatic rings. The molecular weight excluding hydrogens is 376 g/mol. The summed E-state index contributed by atoms with van der Waals surface area (Å²) in [6.45, 7) is 1.09. The van der Waals surface area contributed by atoms with Crippen molar-refractivity contribution < 1.29 is 14.4 Å². The molecule has 0 saturated carbocycles. The van der Waals surface area contributed by atoms with Gasteiger partial charge in [0.25, 0.3) is 5.91 Å². The van der Waals surface area contributed by atoms with Gasteiger partial charge in [0.1, 0.15) is 0 Å². The maximum absolute atomic E-state index is 12.8. The number of benzene rings is 3. The predicted molar refractivity (Wildman–Crippen MR) is 116 cm³/mol. The molecule has 0 spiro atoms. The van der Waals surface area contributed by atoms with Crippen molar-refractivity contribution in [3.8, 4) is 0 Å². The lowest BCUT2D eigenvalue weighted by Crippen LogP contribution is -2.25.